The lowest BCUT2D eigenvalue weighted by atomic mass is 9.78. The molecule has 1 fully saturated rings. The van der Waals surface area contributed by atoms with Crippen molar-refractivity contribution in [3.05, 3.63) is 95.3 Å². The molecule has 0 amide bonds. The minimum atomic E-state index is -0.0530. The zero-order chi connectivity index (χ0) is 22.3. The zero-order valence-electron chi connectivity index (χ0n) is 19.2. The van der Waals surface area contributed by atoms with E-state index in [1.54, 1.807) is 0 Å². The van der Waals surface area contributed by atoms with Crippen LogP contribution in [-0.2, 0) is 6.42 Å². The number of allylic oxidation sites excluding steroid dienone is 1. The van der Waals surface area contributed by atoms with Gasteiger partial charge in [-0.15, -0.1) is 6.58 Å². The van der Waals surface area contributed by atoms with E-state index >= 15 is 4.39 Å². The van der Waals surface area contributed by atoms with Gasteiger partial charge in [0.05, 0.1) is 0 Å². The molecule has 0 bridgehead atoms. The van der Waals surface area contributed by atoms with Gasteiger partial charge in [0.2, 0.25) is 0 Å². The van der Waals surface area contributed by atoms with E-state index in [1.165, 1.54) is 24.8 Å². The van der Waals surface area contributed by atoms with Crippen molar-refractivity contribution < 1.29 is 4.39 Å². The molecule has 0 aliphatic heterocycles. The Morgan fingerprint density at radius 3 is 2.34 bits per heavy atom. The third-order valence-electron chi connectivity index (χ3n) is 6.90. The van der Waals surface area contributed by atoms with Crippen LogP contribution in [0.5, 0.6) is 0 Å². The lowest BCUT2D eigenvalue weighted by Gasteiger charge is -2.27. The minimum absolute atomic E-state index is 0.0530. The highest BCUT2D eigenvalue weighted by molar-refractivity contribution is 5.85. The maximum atomic E-state index is 15.3. The molecule has 1 heteroatoms. The molecule has 0 spiro atoms. The molecule has 0 saturated heterocycles. The van der Waals surface area contributed by atoms with Crippen molar-refractivity contribution in [2.24, 2.45) is 5.92 Å². The molecule has 0 heterocycles. The maximum Gasteiger partial charge on any atom is 0.134 e. The Morgan fingerprint density at radius 1 is 0.906 bits per heavy atom. The number of halogens is 1. The number of hydrogen-bond donors (Lipinski definition) is 0. The molecule has 0 atom stereocenters. The monoisotopic (exact) mass is 424 g/mol. The highest BCUT2D eigenvalue weighted by atomic mass is 19.1. The molecule has 3 aromatic carbocycles. The van der Waals surface area contributed by atoms with Crippen LogP contribution in [0.1, 0.15) is 80.0 Å². The first kappa shape index (κ1) is 22.3. The van der Waals surface area contributed by atoms with Crippen molar-refractivity contribution in [1.29, 1.82) is 0 Å². The average Bonchev–Trinajstić information content (AvgIpc) is 2.84. The Kier molecular flexibility index (Phi) is 7.43. The van der Waals surface area contributed by atoms with Crippen molar-refractivity contribution in [3.8, 4) is 11.8 Å². The van der Waals surface area contributed by atoms with Crippen LogP contribution in [0.3, 0.4) is 0 Å². The molecule has 1 aliphatic rings. The van der Waals surface area contributed by atoms with Gasteiger partial charge < -0.3 is 0 Å². The SMILES string of the molecule is C=CC1CCC(c2ccc3cc(C#Cc4ccc(CCCCC)cc4)ccc3c2F)CC1. The Hall–Kier alpha value is -2.85. The highest BCUT2D eigenvalue weighted by Crippen LogP contribution is 2.38. The summed E-state index contributed by atoms with van der Waals surface area (Å²) in [5.41, 5.74) is 4.18. The van der Waals surface area contributed by atoms with Gasteiger partial charge in [0.15, 0.2) is 0 Å². The predicted molar refractivity (Wildman–Crippen MR) is 134 cm³/mol. The van der Waals surface area contributed by atoms with Crippen LogP contribution in [0.25, 0.3) is 10.8 Å². The maximum absolute atomic E-state index is 15.3. The van der Waals surface area contributed by atoms with Crippen LogP contribution in [-0.4, -0.2) is 0 Å². The summed E-state index contributed by atoms with van der Waals surface area (Å²) in [6, 6.07) is 18.4. The second kappa shape index (κ2) is 10.6. The second-order valence-corrected chi connectivity index (χ2v) is 9.16. The van der Waals surface area contributed by atoms with Gasteiger partial charge in [0.25, 0.3) is 0 Å². The summed E-state index contributed by atoms with van der Waals surface area (Å²) in [5, 5.41) is 1.62. The first-order valence-corrected chi connectivity index (χ1v) is 12.1. The molecule has 1 saturated carbocycles. The lowest BCUT2D eigenvalue weighted by Crippen LogP contribution is -2.12. The summed E-state index contributed by atoms with van der Waals surface area (Å²) in [4.78, 5) is 0. The standard InChI is InChI=1S/C31H33F/c1-3-5-6-7-24-8-10-25(11-9-24)12-13-26-16-20-30-28(22-26)19-21-29(31(30)32)27-17-14-23(4-2)15-18-27/h4,8-11,16,19-23,27H,2-3,5-7,14-15,17-18H2,1H3. The van der Waals surface area contributed by atoms with E-state index in [2.05, 4.69) is 61.8 Å². The molecule has 4 rings (SSSR count). The van der Waals surface area contributed by atoms with Crippen LogP contribution in [0.2, 0.25) is 0 Å². The number of rotatable bonds is 6. The topological polar surface area (TPSA) is 0 Å². The van der Waals surface area contributed by atoms with Crippen molar-refractivity contribution in [2.45, 2.75) is 64.2 Å². The highest BCUT2D eigenvalue weighted by Gasteiger charge is 2.23. The molecule has 164 valence electrons. The Balaban J connectivity index is 1.48. The quantitative estimate of drug-likeness (QED) is 0.211. The summed E-state index contributed by atoms with van der Waals surface area (Å²) in [5.74, 6) is 7.36. The van der Waals surface area contributed by atoms with Crippen LogP contribution in [0.15, 0.2) is 67.3 Å². The number of benzene rings is 3. The van der Waals surface area contributed by atoms with Gasteiger partial charge in [-0.2, -0.15) is 0 Å². The number of fused-ring (bicyclic) bond motifs is 1. The summed E-state index contributed by atoms with van der Waals surface area (Å²) >= 11 is 0. The minimum Gasteiger partial charge on any atom is -0.206 e. The number of hydrogen-bond acceptors (Lipinski definition) is 0. The first-order valence-electron chi connectivity index (χ1n) is 12.1. The van der Waals surface area contributed by atoms with Crippen LogP contribution in [0, 0.1) is 23.6 Å². The second-order valence-electron chi connectivity index (χ2n) is 9.16. The predicted octanol–water partition coefficient (Wildman–Crippen LogP) is 8.57. The summed E-state index contributed by atoms with van der Waals surface area (Å²) < 4.78 is 15.3. The Bertz CT molecular complexity index is 1120. The molecule has 0 aromatic heterocycles. The molecule has 0 N–H and O–H groups in total. The van der Waals surface area contributed by atoms with Gasteiger partial charge in [-0.05, 0) is 91.1 Å². The molecule has 32 heavy (non-hydrogen) atoms. The normalized spacial score (nSPS) is 18.2. The van der Waals surface area contributed by atoms with Crippen molar-refractivity contribution in [1.82, 2.24) is 0 Å². The van der Waals surface area contributed by atoms with Gasteiger partial charge >= 0.3 is 0 Å². The molecular weight excluding hydrogens is 391 g/mol. The van der Waals surface area contributed by atoms with E-state index < -0.39 is 0 Å². The fourth-order valence-corrected chi connectivity index (χ4v) is 4.85. The van der Waals surface area contributed by atoms with Crippen LogP contribution >= 0.6 is 0 Å². The van der Waals surface area contributed by atoms with Gasteiger partial charge in [-0.1, -0.05) is 68.0 Å². The number of aryl methyl sites for hydroxylation is 1. The smallest absolute Gasteiger partial charge is 0.134 e. The fraction of sp³-hybridized carbons (Fsp3) is 0.355. The third-order valence-corrected chi connectivity index (χ3v) is 6.90. The van der Waals surface area contributed by atoms with Gasteiger partial charge in [0.1, 0.15) is 5.82 Å². The first-order chi connectivity index (χ1) is 15.7. The van der Waals surface area contributed by atoms with Crippen LogP contribution < -0.4 is 0 Å². The average molecular weight is 425 g/mol. The molecular formula is C31H33F. The summed E-state index contributed by atoms with van der Waals surface area (Å²) in [6.45, 7) is 6.15. The van der Waals surface area contributed by atoms with E-state index in [0.29, 0.717) is 17.2 Å². The zero-order valence-corrected chi connectivity index (χ0v) is 19.2. The van der Waals surface area contributed by atoms with Crippen molar-refractivity contribution in [2.75, 3.05) is 0 Å². The van der Waals surface area contributed by atoms with Crippen LogP contribution in [0.4, 0.5) is 4.39 Å². The molecule has 3 aromatic rings. The number of unbranched alkanes of at least 4 members (excludes halogenated alkanes) is 2. The van der Waals surface area contributed by atoms with E-state index in [1.807, 2.05) is 24.3 Å². The molecule has 1 aliphatic carbocycles. The Morgan fingerprint density at radius 2 is 1.62 bits per heavy atom. The molecule has 0 unspecified atom stereocenters. The van der Waals surface area contributed by atoms with Gasteiger partial charge in [-0.25, -0.2) is 4.39 Å². The van der Waals surface area contributed by atoms with Crippen molar-refractivity contribution >= 4 is 10.8 Å². The van der Waals surface area contributed by atoms with Gasteiger partial charge in [0, 0.05) is 16.5 Å². The summed E-state index contributed by atoms with van der Waals surface area (Å²) in [7, 11) is 0. The molecule has 0 nitrogen and oxygen atoms in total. The van der Waals surface area contributed by atoms with E-state index in [9.17, 15) is 0 Å². The van der Waals surface area contributed by atoms with Crippen molar-refractivity contribution in [3.63, 3.8) is 0 Å². The Labute approximate surface area is 192 Å². The largest absolute Gasteiger partial charge is 0.206 e. The van der Waals surface area contributed by atoms with E-state index in [0.717, 1.165) is 54.2 Å². The molecule has 0 radical (unpaired) electrons. The van der Waals surface area contributed by atoms with E-state index in [-0.39, 0.29) is 5.82 Å². The third kappa shape index (κ3) is 5.31. The van der Waals surface area contributed by atoms with E-state index in [4.69, 9.17) is 0 Å². The van der Waals surface area contributed by atoms with Gasteiger partial charge in [-0.3, -0.25) is 0 Å². The summed E-state index contributed by atoms with van der Waals surface area (Å²) in [6.07, 6.45) is 11.3. The fourth-order valence-electron chi connectivity index (χ4n) is 4.85. The lowest BCUT2D eigenvalue weighted by molar-refractivity contribution is 0.369.